The molecular weight excluding hydrogens is 298 g/mol. The molecule has 6 nitrogen and oxygen atoms in total. The number of esters is 1. The van der Waals surface area contributed by atoms with Crippen LogP contribution in [0.15, 0.2) is 22.6 Å². The van der Waals surface area contributed by atoms with E-state index in [0.29, 0.717) is 16.9 Å². The van der Waals surface area contributed by atoms with Gasteiger partial charge in [-0.05, 0) is 45.9 Å². The fraction of sp³-hybridized carbons (Fsp3) is 0.412. The fourth-order valence-corrected chi connectivity index (χ4v) is 2.17. The lowest BCUT2D eigenvalue weighted by molar-refractivity contribution is -0.125. The molecule has 1 aromatic heterocycles. The van der Waals surface area contributed by atoms with E-state index in [0.717, 1.165) is 5.39 Å². The van der Waals surface area contributed by atoms with Gasteiger partial charge in [0.25, 0.3) is 5.91 Å². The Bertz CT molecular complexity index is 739. The second-order valence-corrected chi connectivity index (χ2v) is 6.29. The molecule has 2 aromatic rings. The first kappa shape index (κ1) is 16.9. The Morgan fingerprint density at radius 2 is 1.96 bits per heavy atom. The smallest absolute Gasteiger partial charge is 0.375 e. The molecule has 23 heavy (non-hydrogen) atoms. The van der Waals surface area contributed by atoms with E-state index < -0.39 is 5.97 Å². The Labute approximate surface area is 134 Å². The van der Waals surface area contributed by atoms with E-state index in [-0.39, 0.29) is 23.8 Å². The highest BCUT2D eigenvalue weighted by molar-refractivity contribution is 5.97. The maximum Gasteiger partial charge on any atom is 0.375 e. The molecule has 0 atom stereocenters. The fourth-order valence-electron chi connectivity index (χ4n) is 2.17. The van der Waals surface area contributed by atoms with Gasteiger partial charge in [0.2, 0.25) is 5.76 Å². The van der Waals surface area contributed by atoms with Crippen LogP contribution in [-0.2, 0) is 9.53 Å². The first-order valence-corrected chi connectivity index (χ1v) is 7.26. The summed E-state index contributed by atoms with van der Waals surface area (Å²) in [6, 6.07) is 5.26. The number of hydrogen-bond acceptors (Lipinski definition) is 5. The number of nitrogens with one attached hydrogen (secondary N) is 1. The maximum atomic E-state index is 12.1. The molecule has 0 saturated heterocycles. The van der Waals surface area contributed by atoms with E-state index in [1.165, 1.54) is 0 Å². The molecule has 1 heterocycles. The van der Waals surface area contributed by atoms with Crippen LogP contribution >= 0.6 is 0 Å². The van der Waals surface area contributed by atoms with E-state index >= 15 is 0 Å². The summed E-state index contributed by atoms with van der Waals surface area (Å²) in [7, 11) is 1.57. The summed E-state index contributed by atoms with van der Waals surface area (Å²) in [6.45, 7) is 6.96. The van der Waals surface area contributed by atoms with E-state index in [1.807, 2.05) is 20.8 Å². The minimum atomic E-state index is -0.665. The van der Waals surface area contributed by atoms with Gasteiger partial charge in [0.1, 0.15) is 11.3 Å². The number of hydrogen-bond donors (Lipinski definition) is 1. The minimum Gasteiger partial charge on any atom is -0.497 e. The minimum absolute atomic E-state index is 0.0943. The normalized spacial score (nSPS) is 11.3. The highest BCUT2D eigenvalue weighted by Gasteiger charge is 2.21. The van der Waals surface area contributed by atoms with Crippen molar-refractivity contribution >= 4 is 22.8 Å². The summed E-state index contributed by atoms with van der Waals surface area (Å²) in [6.07, 6.45) is 0. The topological polar surface area (TPSA) is 77.8 Å². The van der Waals surface area contributed by atoms with Gasteiger partial charge in [-0.15, -0.1) is 0 Å². The molecule has 0 radical (unpaired) electrons. The predicted molar refractivity (Wildman–Crippen MR) is 85.7 cm³/mol. The van der Waals surface area contributed by atoms with Crippen molar-refractivity contribution in [2.24, 2.45) is 0 Å². The second-order valence-electron chi connectivity index (χ2n) is 6.29. The number of benzene rings is 1. The van der Waals surface area contributed by atoms with Crippen molar-refractivity contribution in [1.82, 2.24) is 5.32 Å². The van der Waals surface area contributed by atoms with Gasteiger partial charge >= 0.3 is 5.97 Å². The average molecular weight is 319 g/mol. The van der Waals surface area contributed by atoms with Crippen LogP contribution in [0, 0.1) is 6.92 Å². The van der Waals surface area contributed by atoms with Crippen molar-refractivity contribution in [3.05, 3.63) is 29.5 Å². The monoisotopic (exact) mass is 319 g/mol. The molecular formula is C17H21NO5. The van der Waals surface area contributed by atoms with Crippen LogP contribution in [0.25, 0.3) is 11.0 Å². The zero-order valence-corrected chi connectivity index (χ0v) is 14.0. The van der Waals surface area contributed by atoms with Crippen molar-refractivity contribution in [3.63, 3.8) is 0 Å². The molecule has 0 saturated carbocycles. The van der Waals surface area contributed by atoms with Gasteiger partial charge in [-0.25, -0.2) is 4.79 Å². The summed E-state index contributed by atoms with van der Waals surface area (Å²) < 4.78 is 15.7. The first-order chi connectivity index (χ1) is 10.7. The Morgan fingerprint density at radius 1 is 1.26 bits per heavy atom. The second kappa shape index (κ2) is 6.32. The Hall–Kier alpha value is -2.50. The van der Waals surface area contributed by atoms with Crippen LogP contribution in [0.5, 0.6) is 5.75 Å². The van der Waals surface area contributed by atoms with Gasteiger partial charge in [0, 0.05) is 16.5 Å². The molecule has 6 heteroatoms. The van der Waals surface area contributed by atoms with E-state index in [4.69, 9.17) is 13.9 Å². The van der Waals surface area contributed by atoms with Gasteiger partial charge in [-0.1, -0.05) is 0 Å². The van der Waals surface area contributed by atoms with Crippen molar-refractivity contribution < 1.29 is 23.5 Å². The zero-order valence-electron chi connectivity index (χ0n) is 14.0. The van der Waals surface area contributed by atoms with Crippen molar-refractivity contribution in [2.75, 3.05) is 13.7 Å². The molecule has 0 aliphatic heterocycles. The number of amides is 1. The lowest BCUT2D eigenvalue weighted by Gasteiger charge is -2.20. The van der Waals surface area contributed by atoms with Crippen molar-refractivity contribution in [3.8, 4) is 5.75 Å². The summed E-state index contributed by atoms with van der Waals surface area (Å²) in [5, 5.41) is 3.49. The molecule has 124 valence electrons. The van der Waals surface area contributed by atoms with E-state index in [9.17, 15) is 9.59 Å². The zero-order chi connectivity index (χ0) is 17.2. The molecule has 2 rings (SSSR count). The molecule has 1 N–H and O–H groups in total. The Balaban J connectivity index is 2.12. The van der Waals surface area contributed by atoms with E-state index in [2.05, 4.69) is 5.32 Å². The summed E-state index contributed by atoms with van der Waals surface area (Å²) >= 11 is 0. The standard InChI is InChI=1S/C17H21NO5/c1-10-12-8-11(21-5)6-7-13(12)23-15(10)16(20)22-9-14(19)18-17(2,3)4/h6-8H,9H2,1-5H3,(H,18,19). The summed E-state index contributed by atoms with van der Waals surface area (Å²) in [5.41, 5.74) is 0.838. The van der Waals surface area contributed by atoms with Gasteiger partial charge in [-0.2, -0.15) is 0 Å². The predicted octanol–water partition coefficient (Wildman–Crippen LogP) is 2.82. The number of ether oxygens (including phenoxy) is 2. The van der Waals surface area contributed by atoms with Crippen LogP contribution < -0.4 is 10.1 Å². The Kier molecular flexibility index (Phi) is 4.63. The van der Waals surface area contributed by atoms with Gasteiger partial charge in [0.05, 0.1) is 7.11 Å². The van der Waals surface area contributed by atoms with Crippen LogP contribution in [-0.4, -0.2) is 31.1 Å². The molecule has 0 fully saturated rings. The van der Waals surface area contributed by atoms with Crippen molar-refractivity contribution in [2.45, 2.75) is 33.2 Å². The number of methoxy groups -OCH3 is 1. The quantitative estimate of drug-likeness (QED) is 0.877. The molecule has 0 spiro atoms. The van der Waals surface area contributed by atoms with Crippen LogP contribution in [0.4, 0.5) is 0 Å². The third-order valence-electron chi connectivity index (χ3n) is 3.18. The lowest BCUT2D eigenvalue weighted by Crippen LogP contribution is -2.42. The number of carbonyl (C=O) groups excluding carboxylic acids is 2. The maximum absolute atomic E-state index is 12.1. The number of carbonyl (C=O) groups is 2. The molecule has 1 aromatic carbocycles. The number of aryl methyl sites for hydroxylation is 1. The van der Waals surface area contributed by atoms with Gasteiger partial charge in [-0.3, -0.25) is 4.79 Å². The lowest BCUT2D eigenvalue weighted by atomic mass is 10.1. The molecule has 1 amide bonds. The first-order valence-electron chi connectivity index (χ1n) is 7.26. The molecule has 0 unspecified atom stereocenters. The highest BCUT2D eigenvalue weighted by Crippen LogP contribution is 2.29. The number of rotatable bonds is 4. The number of furan rings is 1. The average Bonchev–Trinajstić information content (AvgIpc) is 2.79. The van der Waals surface area contributed by atoms with Gasteiger partial charge < -0.3 is 19.2 Å². The van der Waals surface area contributed by atoms with Crippen LogP contribution in [0.1, 0.15) is 36.9 Å². The molecule has 0 aliphatic carbocycles. The third kappa shape index (κ3) is 4.03. The van der Waals surface area contributed by atoms with Crippen LogP contribution in [0.3, 0.4) is 0 Å². The Morgan fingerprint density at radius 3 is 2.57 bits per heavy atom. The van der Waals surface area contributed by atoms with E-state index in [1.54, 1.807) is 32.2 Å². The molecule has 0 aliphatic rings. The van der Waals surface area contributed by atoms with Crippen LogP contribution in [0.2, 0.25) is 0 Å². The number of fused-ring (bicyclic) bond motifs is 1. The molecule has 0 bridgehead atoms. The summed E-state index contributed by atoms with van der Waals surface area (Å²) in [4.78, 5) is 23.8. The third-order valence-corrected chi connectivity index (χ3v) is 3.18. The van der Waals surface area contributed by atoms with Crippen molar-refractivity contribution in [1.29, 1.82) is 0 Å². The summed E-state index contributed by atoms with van der Waals surface area (Å²) in [5.74, 6) is -0.259. The SMILES string of the molecule is COc1ccc2oc(C(=O)OCC(=O)NC(C)(C)C)c(C)c2c1. The largest absolute Gasteiger partial charge is 0.497 e. The highest BCUT2D eigenvalue weighted by atomic mass is 16.5. The van der Waals surface area contributed by atoms with Gasteiger partial charge in [0.15, 0.2) is 6.61 Å².